The van der Waals surface area contributed by atoms with E-state index in [0.29, 0.717) is 58.7 Å². The summed E-state index contributed by atoms with van der Waals surface area (Å²) in [5, 5.41) is 6.17. The normalized spacial score (nSPS) is 17.3. The van der Waals surface area contributed by atoms with Crippen molar-refractivity contribution >= 4 is 46.0 Å². The molecule has 2 heterocycles. The summed E-state index contributed by atoms with van der Waals surface area (Å²) in [7, 11) is 0. The second-order valence-corrected chi connectivity index (χ2v) is 13.0. The van der Waals surface area contributed by atoms with Crippen LogP contribution in [0, 0.1) is 0 Å². The van der Waals surface area contributed by atoms with E-state index in [1.807, 2.05) is 109 Å². The Morgan fingerprint density at radius 1 is 0.872 bits per heavy atom. The van der Waals surface area contributed by atoms with Gasteiger partial charge in [-0.25, -0.2) is 0 Å². The highest BCUT2D eigenvalue weighted by Gasteiger charge is 2.42. The van der Waals surface area contributed by atoms with Crippen LogP contribution in [-0.2, 0) is 11.4 Å². The van der Waals surface area contributed by atoms with Crippen molar-refractivity contribution < 1.29 is 19.1 Å². The number of carbonyl (C=O) groups is 2. The van der Waals surface area contributed by atoms with Crippen molar-refractivity contribution in [2.75, 3.05) is 16.8 Å². The molecular formula is C39H33ClN2O4S. The summed E-state index contributed by atoms with van der Waals surface area (Å²) in [6.45, 7) is 2.66. The highest BCUT2D eigenvalue weighted by Crippen LogP contribution is 2.49. The van der Waals surface area contributed by atoms with E-state index in [1.54, 1.807) is 4.90 Å². The average molecular weight is 661 g/mol. The zero-order valence-electron chi connectivity index (χ0n) is 25.8. The number of para-hydroxylation sites is 2. The number of ketones is 1. The lowest BCUT2D eigenvalue weighted by Gasteiger charge is -2.35. The van der Waals surface area contributed by atoms with Crippen LogP contribution in [0.25, 0.3) is 0 Å². The first kappa shape index (κ1) is 30.8. The quantitative estimate of drug-likeness (QED) is 0.180. The monoisotopic (exact) mass is 660 g/mol. The summed E-state index contributed by atoms with van der Waals surface area (Å²) in [5.74, 6) is 0.968. The molecule has 5 aromatic rings. The molecule has 0 saturated carbocycles. The standard InChI is InChI=1S/C39H33ClN2O4S/c1-2-45-35-23-27(16-19-34(35)46-24-25-14-17-29(40)18-15-25)38-37-31(21-28(22-33(37)43)26-9-4-3-5-10-26)41-30-11-6-7-12-32(30)42(38)39(44)36-13-8-20-47-36/h3-20,23,28,38,41H,2,21-22,24H2,1H3/t28-,38-/m0/s1. The van der Waals surface area contributed by atoms with Gasteiger partial charge in [-0.1, -0.05) is 78.3 Å². The minimum Gasteiger partial charge on any atom is -0.490 e. The molecule has 1 aliphatic heterocycles. The summed E-state index contributed by atoms with van der Waals surface area (Å²) < 4.78 is 12.3. The van der Waals surface area contributed by atoms with E-state index in [2.05, 4.69) is 17.4 Å². The number of nitrogens with zero attached hydrogens (tertiary/aromatic N) is 1. The Kier molecular flexibility index (Phi) is 8.83. The number of halogens is 1. The van der Waals surface area contributed by atoms with Gasteiger partial charge in [0.25, 0.3) is 5.91 Å². The number of allylic oxidation sites excluding steroid dienone is 1. The summed E-state index contributed by atoms with van der Waals surface area (Å²) >= 11 is 7.46. The van der Waals surface area contributed by atoms with Gasteiger partial charge >= 0.3 is 0 Å². The van der Waals surface area contributed by atoms with E-state index in [0.717, 1.165) is 28.1 Å². The maximum absolute atomic E-state index is 14.5. The molecule has 2 aliphatic rings. The molecule has 1 aliphatic carbocycles. The van der Waals surface area contributed by atoms with E-state index in [4.69, 9.17) is 21.1 Å². The van der Waals surface area contributed by atoms with Gasteiger partial charge in [0.2, 0.25) is 0 Å². The summed E-state index contributed by atoms with van der Waals surface area (Å²) in [4.78, 5) is 31.3. The van der Waals surface area contributed by atoms with Crippen LogP contribution in [-0.4, -0.2) is 18.3 Å². The molecule has 0 fully saturated rings. The molecule has 47 heavy (non-hydrogen) atoms. The molecule has 0 spiro atoms. The van der Waals surface area contributed by atoms with Gasteiger partial charge in [0.15, 0.2) is 17.3 Å². The average Bonchev–Trinajstić information content (AvgIpc) is 3.59. The molecule has 0 radical (unpaired) electrons. The molecular weight excluding hydrogens is 628 g/mol. The van der Waals surface area contributed by atoms with Gasteiger partial charge in [-0.05, 0) is 83.8 Å². The lowest BCUT2D eigenvalue weighted by atomic mass is 9.78. The van der Waals surface area contributed by atoms with Crippen LogP contribution in [0.2, 0.25) is 5.02 Å². The number of fused-ring (bicyclic) bond motifs is 1. The van der Waals surface area contributed by atoms with E-state index in [9.17, 15) is 9.59 Å². The molecule has 1 aromatic heterocycles. The third-order valence-corrected chi connectivity index (χ3v) is 9.71. The van der Waals surface area contributed by atoms with Crippen LogP contribution < -0.4 is 19.7 Å². The number of amides is 1. The van der Waals surface area contributed by atoms with Gasteiger partial charge in [-0.15, -0.1) is 11.3 Å². The first-order valence-electron chi connectivity index (χ1n) is 15.7. The predicted octanol–water partition coefficient (Wildman–Crippen LogP) is 9.59. The van der Waals surface area contributed by atoms with Gasteiger partial charge in [0.05, 0.1) is 28.9 Å². The van der Waals surface area contributed by atoms with E-state index < -0.39 is 6.04 Å². The highest BCUT2D eigenvalue weighted by atomic mass is 35.5. The fourth-order valence-electron chi connectivity index (χ4n) is 6.43. The van der Waals surface area contributed by atoms with Crippen molar-refractivity contribution in [1.82, 2.24) is 0 Å². The van der Waals surface area contributed by atoms with Crippen molar-refractivity contribution in [3.8, 4) is 11.5 Å². The van der Waals surface area contributed by atoms with Crippen LogP contribution in [0.1, 0.15) is 58.1 Å². The van der Waals surface area contributed by atoms with Crippen molar-refractivity contribution in [1.29, 1.82) is 0 Å². The predicted molar refractivity (Wildman–Crippen MR) is 188 cm³/mol. The Labute approximate surface area is 283 Å². The molecule has 236 valence electrons. The molecule has 0 saturated heterocycles. The van der Waals surface area contributed by atoms with Crippen molar-refractivity contribution in [2.24, 2.45) is 0 Å². The van der Waals surface area contributed by atoms with Gasteiger partial charge in [0.1, 0.15) is 6.61 Å². The molecule has 4 aromatic carbocycles. The van der Waals surface area contributed by atoms with E-state index >= 15 is 0 Å². The molecule has 1 amide bonds. The van der Waals surface area contributed by atoms with Crippen LogP contribution in [0.5, 0.6) is 11.5 Å². The zero-order valence-corrected chi connectivity index (χ0v) is 27.4. The number of anilines is 2. The number of nitrogens with one attached hydrogen (secondary N) is 1. The Morgan fingerprint density at radius 3 is 2.43 bits per heavy atom. The second kappa shape index (κ2) is 13.5. The van der Waals surface area contributed by atoms with E-state index in [1.165, 1.54) is 11.3 Å². The fourth-order valence-corrected chi connectivity index (χ4v) is 7.22. The summed E-state index contributed by atoms with van der Waals surface area (Å²) in [6.07, 6.45) is 0.983. The Hall–Kier alpha value is -4.85. The lowest BCUT2D eigenvalue weighted by molar-refractivity contribution is -0.116. The van der Waals surface area contributed by atoms with Crippen molar-refractivity contribution in [3.05, 3.63) is 152 Å². The molecule has 1 N–H and O–H groups in total. The number of thiophene rings is 1. The Morgan fingerprint density at radius 2 is 1.66 bits per heavy atom. The first-order valence-corrected chi connectivity index (χ1v) is 16.9. The number of ether oxygens (including phenoxy) is 2. The minimum atomic E-state index is -0.704. The SMILES string of the molecule is CCOc1cc([C@H]2C3=C(C[C@H](c4ccccc4)CC3=O)Nc3ccccc3N2C(=O)c2cccs2)ccc1OCc1ccc(Cl)cc1. The van der Waals surface area contributed by atoms with Gasteiger partial charge < -0.3 is 14.8 Å². The van der Waals surface area contributed by atoms with Gasteiger partial charge in [-0.3, -0.25) is 14.5 Å². The highest BCUT2D eigenvalue weighted by molar-refractivity contribution is 7.12. The molecule has 7 rings (SSSR count). The smallest absolute Gasteiger partial charge is 0.269 e. The number of benzene rings is 4. The molecule has 8 heteroatoms. The lowest BCUT2D eigenvalue weighted by Crippen LogP contribution is -2.38. The van der Waals surface area contributed by atoms with Crippen LogP contribution >= 0.6 is 22.9 Å². The summed E-state index contributed by atoms with van der Waals surface area (Å²) in [6, 6.07) is 34.2. The van der Waals surface area contributed by atoms with Crippen molar-refractivity contribution in [3.63, 3.8) is 0 Å². The maximum atomic E-state index is 14.5. The first-order chi connectivity index (χ1) is 23.0. The van der Waals surface area contributed by atoms with Crippen LogP contribution in [0.3, 0.4) is 0 Å². The Balaban J connectivity index is 1.36. The maximum Gasteiger partial charge on any atom is 0.269 e. The number of Topliss-reactive ketones (excluding diaryl/α,β-unsaturated/α-hetero) is 1. The fraction of sp³-hybridized carbons (Fsp3) is 0.179. The second-order valence-electron chi connectivity index (χ2n) is 11.6. The number of rotatable bonds is 8. The van der Waals surface area contributed by atoms with Crippen LogP contribution in [0.15, 0.2) is 126 Å². The molecule has 2 atom stereocenters. The number of hydrogen-bond donors (Lipinski definition) is 1. The number of hydrogen-bond acceptors (Lipinski definition) is 6. The number of carbonyl (C=O) groups excluding carboxylic acids is 2. The van der Waals surface area contributed by atoms with Crippen LogP contribution in [0.4, 0.5) is 11.4 Å². The molecule has 6 nitrogen and oxygen atoms in total. The molecule has 0 bridgehead atoms. The third kappa shape index (κ3) is 6.29. The minimum absolute atomic E-state index is 0.00964. The molecule has 0 unspecified atom stereocenters. The van der Waals surface area contributed by atoms with Gasteiger partial charge in [0, 0.05) is 22.7 Å². The zero-order chi connectivity index (χ0) is 32.3. The van der Waals surface area contributed by atoms with Gasteiger partial charge in [-0.2, -0.15) is 0 Å². The topological polar surface area (TPSA) is 67.9 Å². The Bertz CT molecular complexity index is 1940. The summed E-state index contributed by atoms with van der Waals surface area (Å²) in [5.41, 5.74) is 5.75. The third-order valence-electron chi connectivity index (χ3n) is 8.60. The van der Waals surface area contributed by atoms with Crippen molar-refractivity contribution in [2.45, 2.75) is 38.3 Å². The largest absolute Gasteiger partial charge is 0.490 e. The van der Waals surface area contributed by atoms with E-state index in [-0.39, 0.29) is 17.6 Å².